The summed E-state index contributed by atoms with van der Waals surface area (Å²) in [5.74, 6) is -1.03. The van der Waals surface area contributed by atoms with E-state index in [1.54, 1.807) is 0 Å². The Morgan fingerprint density at radius 3 is 2.33 bits per heavy atom. The summed E-state index contributed by atoms with van der Waals surface area (Å²) in [5, 5.41) is 8.42. The van der Waals surface area contributed by atoms with E-state index in [2.05, 4.69) is 6.58 Å². The van der Waals surface area contributed by atoms with Gasteiger partial charge in [0.1, 0.15) is 0 Å². The summed E-state index contributed by atoms with van der Waals surface area (Å²) in [6.45, 7) is 4.14. The highest BCUT2D eigenvalue weighted by Crippen LogP contribution is 2.05. The smallest absolute Gasteiger partial charge is 0.305 e. The molecule has 0 atom stereocenters. The van der Waals surface area contributed by atoms with Gasteiger partial charge in [0.2, 0.25) is 0 Å². The Balaban J connectivity index is 3.21. The van der Waals surface area contributed by atoms with Crippen molar-refractivity contribution in [1.29, 1.82) is 0 Å². The maximum Gasteiger partial charge on any atom is 0.305 e. The first-order chi connectivity index (χ1) is 8.66. The number of carboxylic acid groups (broad SMARTS) is 1. The Bertz CT molecular complexity index is 248. The molecule has 0 saturated heterocycles. The van der Waals surface area contributed by atoms with Crippen molar-refractivity contribution in [2.24, 2.45) is 0 Å². The maximum atomic E-state index is 11.2. The second-order valence-corrected chi connectivity index (χ2v) is 4.31. The number of carboxylic acids is 1. The van der Waals surface area contributed by atoms with Crippen LogP contribution in [0, 0.1) is 0 Å². The highest BCUT2D eigenvalue weighted by molar-refractivity contribution is 5.69. The lowest BCUT2D eigenvalue weighted by Crippen LogP contribution is -2.06. The number of hydrogen-bond donors (Lipinski definition) is 1. The van der Waals surface area contributed by atoms with E-state index in [9.17, 15) is 9.59 Å². The lowest BCUT2D eigenvalue weighted by Gasteiger charge is -2.04. The van der Waals surface area contributed by atoms with E-state index in [0.29, 0.717) is 25.9 Å². The van der Waals surface area contributed by atoms with Crippen LogP contribution < -0.4 is 0 Å². The number of unbranched alkanes of at least 4 members (excludes halogenated alkanes) is 5. The Kier molecular flexibility index (Phi) is 11.3. The van der Waals surface area contributed by atoms with Crippen LogP contribution in [0.25, 0.3) is 0 Å². The van der Waals surface area contributed by atoms with Gasteiger partial charge in [-0.05, 0) is 32.1 Å². The molecule has 4 heteroatoms. The second-order valence-electron chi connectivity index (χ2n) is 4.31. The lowest BCUT2D eigenvalue weighted by molar-refractivity contribution is -0.144. The highest BCUT2D eigenvalue weighted by atomic mass is 16.5. The van der Waals surface area contributed by atoms with E-state index in [1.165, 1.54) is 0 Å². The van der Waals surface area contributed by atoms with Gasteiger partial charge in [0.15, 0.2) is 0 Å². The average molecular weight is 256 g/mol. The zero-order valence-corrected chi connectivity index (χ0v) is 11.0. The van der Waals surface area contributed by atoms with E-state index < -0.39 is 5.97 Å². The topological polar surface area (TPSA) is 63.6 Å². The molecule has 18 heavy (non-hydrogen) atoms. The molecule has 0 aromatic rings. The zero-order chi connectivity index (χ0) is 13.6. The van der Waals surface area contributed by atoms with Crippen LogP contribution in [0.2, 0.25) is 0 Å². The van der Waals surface area contributed by atoms with Crippen molar-refractivity contribution in [3.8, 4) is 0 Å². The summed E-state index contributed by atoms with van der Waals surface area (Å²) >= 11 is 0. The fourth-order valence-electron chi connectivity index (χ4n) is 1.55. The molecule has 0 spiro atoms. The largest absolute Gasteiger partial charge is 0.481 e. The first-order valence-electron chi connectivity index (χ1n) is 6.65. The Morgan fingerprint density at radius 2 is 1.67 bits per heavy atom. The third-order valence-corrected chi connectivity index (χ3v) is 2.59. The van der Waals surface area contributed by atoms with Gasteiger partial charge in [0, 0.05) is 12.8 Å². The molecular weight excluding hydrogens is 232 g/mol. The van der Waals surface area contributed by atoms with Gasteiger partial charge in [-0.2, -0.15) is 0 Å². The summed E-state index contributed by atoms with van der Waals surface area (Å²) in [6, 6.07) is 0. The minimum absolute atomic E-state index is 0.122. The van der Waals surface area contributed by atoms with Crippen LogP contribution in [0.5, 0.6) is 0 Å². The molecule has 0 saturated carbocycles. The lowest BCUT2D eigenvalue weighted by atomic mass is 10.1. The molecule has 0 aliphatic heterocycles. The molecule has 0 amide bonds. The Morgan fingerprint density at radius 1 is 1.00 bits per heavy atom. The molecular formula is C14H24O4. The molecule has 0 fully saturated rings. The second kappa shape index (κ2) is 12.1. The fourth-order valence-corrected chi connectivity index (χ4v) is 1.55. The SMILES string of the molecule is C=CCCCCCCOC(=O)CCCCC(=O)O. The fraction of sp³-hybridized carbons (Fsp3) is 0.714. The third kappa shape index (κ3) is 12.7. The standard InChI is InChI=1S/C14H24O4/c1-2-3-4-5-6-9-12-18-14(17)11-8-7-10-13(15)16/h2H,1,3-12H2,(H,15,16). The van der Waals surface area contributed by atoms with Gasteiger partial charge in [-0.1, -0.05) is 18.9 Å². The number of aliphatic carboxylic acids is 1. The minimum Gasteiger partial charge on any atom is -0.481 e. The normalized spacial score (nSPS) is 10.0. The van der Waals surface area contributed by atoms with Crippen LogP contribution in [-0.4, -0.2) is 23.7 Å². The molecule has 0 rings (SSSR count). The number of allylic oxidation sites excluding steroid dienone is 1. The number of hydrogen-bond acceptors (Lipinski definition) is 3. The Labute approximate surface area is 109 Å². The van der Waals surface area contributed by atoms with Crippen molar-refractivity contribution in [3.63, 3.8) is 0 Å². The molecule has 0 aliphatic carbocycles. The summed E-state index contributed by atoms with van der Waals surface area (Å²) in [6.07, 6.45) is 8.78. The predicted molar refractivity (Wildman–Crippen MR) is 70.3 cm³/mol. The number of ether oxygens (including phenoxy) is 1. The Hall–Kier alpha value is -1.32. The molecule has 0 unspecified atom stereocenters. The van der Waals surface area contributed by atoms with Crippen LogP contribution in [0.1, 0.15) is 57.8 Å². The summed E-state index contributed by atoms with van der Waals surface area (Å²) < 4.78 is 5.05. The van der Waals surface area contributed by atoms with Gasteiger partial charge >= 0.3 is 11.9 Å². The summed E-state index contributed by atoms with van der Waals surface area (Å²) in [5.41, 5.74) is 0. The average Bonchev–Trinajstić information content (AvgIpc) is 2.33. The van der Waals surface area contributed by atoms with Crippen molar-refractivity contribution < 1.29 is 19.4 Å². The molecule has 4 nitrogen and oxygen atoms in total. The van der Waals surface area contributed by atoms with Crippen molar-refractivity contribution in [2.45, 2.75) is 57.8 Å². The van der Waals surface area contributed by atoms with E-state index in [1.807, 2.05) is 6.08 Å². The quantitative estimate of drug-likeness (QED) is 0.330. The van der Waals surface area contributed by atoms with Gasteiger partial charge < -0.3 is 9.84 Å². The van der Waals surface area contributed by atoms with Gasteiger partial charge in [-0.25, -0.2) is 0 Å². The van der Waals surface area contributed by atoms with Crippen LogP contribution in [0.3, 0.4) is 0 Å². The number of rotatable bonds is 12. The van der Waals surface area contributed by atoms with Gasteiger partial charge in [-0.3, -0.25) is 9.59 Å². The van der Waals surface area contributed by atoms with E-state index in [0.717, 1.165) is 32.1 Å². The van der Waals surface area contributed by atoms with Crippen molar-refractivity contribution in [2.75, 3.05) is 6.61 Å². The van der Waals surface area contributed by atoms with Gasteiger partial charge in [0.05, 0.1) is 6.61 Å². The summed E-state index contributed by atoms with van der Waals surface area (Å²) in [4.78, 5) is 21.5. The molecule has 0 bridgehead atoms. The monoisotopic (exact) mass is 256 g/mol. The van der Waals surface area contributed by atoms with Crippen LogP contribution >= 0.6 is 0 Å². The minimum atomic E-state index is -0.817. The van der Waals surface area contributed by atoms with Crippen LogP contribution in [0.15, 0.2) is 12.7 Å². The molecule has 0 aromatic heterocycles. The third-order valence-electron chi connectivity index (χ3n) is 2.59. The van der Waals surface area contributed by atoms with Crippen LogP contribution in [-0.2, 0) is 14.3 Å². The molecule has 0 aromatic carbocycles. The van der Waals surface area contributed by atoms with Crippen molar-refractivity contribution in [1.82, 2.24) is 0 Å². The maximum absolute atomic E-state index is 11.2. The van der Waals surface area contributed by atoms with Gasteiger partial charge in [0.25, 0.3) is 0 Å². The molecule has 1 N–H and O–H groups in total. The highest BCUT2D eigenvalue weighted by Gasteiger charge is 2.03. The van der Waals surface area contributed by atoms with E-state index >= 15 is 0 Å². The van der Waals surface area contributed by atoms with Crippen LogP contribution in [0.4, 0.5) is 0 Å². The van der Waals surface area contributed by atoms with Crippen molar-refractivity contribution in [3.05, 3.63) is 12.7 Å². The molecule has 0 heterocycles. The molecule has 0 radical (unpaired) electrons. The van der Waals surface area contributed by atoms with Gasteiger partial charge in [-0.15, -0.1) is 6.58 Å². The van der Waals surface area contributed by atoms with Crippen molar-refractivity contribution >= 4 is 11.9 Å². The first kappa shape index (κ1) is 16.7. The predicted octanol–water partition coefficient (Wildman–Crippen LogP) is 3.31. The number of carbonyl (C=O) groups is 2. The molecule has 104 valence electrons. The summed E-state index contributed by atoms with van der Waals surface area (Å²) in [7, 11) is 0. The van der Waals surface area contributed by atoms with E-state index in [-0.39, 0.29) is 12.4 Å². The molecule has 0 aliphatic rings. The first-order valence-corrected chi connectivity index (χ1v) is 6.65. The number of esters is 1. The number of carbonyl (C=O) groups excluding carboxylic acids is 1. The van der Waals surface area contributed by atoms with E-state index in [4.69, 9.17) is 9.84 Å². The zero-order valence-electron chi connectivity index (χ0n) is 11.0.